The van der Waals surface area contributed by atoms with E-state index in [0.29, 0.717) is 52.7 Å². The number of para-hydroxylation sites is 1. The maximum Gasteiger partial charge on any atom is 0.264 e. The van der Waals surface area contributed by atoms with E-state index in [2.05, 4.69) is 18.3 Å². The summed E-state index contributed by atoms with van der Waals surface area (Å²) in [4.78, 5) is 6.52. The summed E-state index contributed by atoms with van der Waals surface area (Å²) in [6.45, 7) is 4.50. The molecule has 0 bridgehead atoms. The van der Waals surface area contributed by atoms with E-state index in [-0.39, 0.29) is 13.2 Å². The van der Waals surface area contributed by atoms with Crippen molar-refractivity contribution in [2.24, 2.45) is 0 Å². The Labute approximate surface area is 183 Å². The first-order valence-electron chi connectivity index (χ1n) is 9.40. The second-order valence-electron chi connectivity index (χ2n) is 5.88. The zero-order chi connectivity index (χ0) is 21.9. The molecule has 0 amide bonds. The quantitative estimate of drug-likeness (QED) is 0.0913. The molecule has 174 valence electrons. The van der Waals surface area contributed by atoms with Crippen LogP contribution in [0.5, 0.6) is 5.75 Å². The number of hydrogen-bond donors (Lipinski definition) is 0. The third-order valence-corrected chi connectivity index (χ3v) is 4.55. The maximum atomic E-state index is 10.9. The summed E-state index contributed by atoms with van der Waals surface area (Å²) >= 11 is 0.752. The molecule has 0 aliphatic rings. The van der Waals surface area contributed by atoms with Gasteiger partial charge >= 0.3 is 0 Å². The average Bonchev–Trinajstić information content (AvgIpc) is 2.72. The lowest BCUT2D eigenvalue weighted by Gasteiger charge is -2.22. The van der Waals surface area contributed by atoms with Gasteiger partial charge in [0.15, 0.2) is 12.3 Å². The van der Waals surface area contributed by atoms with Crippen molar-refractivity contribution in [2.45, 2.75) is 0 Å². The van der Waals surface area contributed by atoms with Gasteiger partial charge in [0, 0.05) is 19.6 Å². The SMILES string of the molecule is COOSOCCOCCN(CCOCCOS(C)(=O)=O)CCOc1ccccc1. The Bertz CT molecular complexity index is 619. The van der Waals surface area contributed by atoms with Crippen LogP contribution in [0.25, 0.3) is 0 Å². The Morgan fingerprint density at radius 2 is 1.50 bits per heavy atom. The molecule has 0 fully saturated rings. The van der Waals surface area contributed by atoms with Crippen LogP contribution in [0.3, 0.4) is 0 Å². The van der Waals surface area contributed by atoms with Gasteiger partial charge < -0.3 is 14.2 Å². The Morgan fingerprint density at radius 3 is 2.13 bits per heavy atom. The fraction of sp³-hybridized carbons (Fsp3) is 0.667. The van der Waals surface area contributed by atoms with Crippen molar-refractivity contribution in [3.63, 3.8) is 0 Å². The first-order valence-corrected chi connectivity index (χ1v) is 11.9. The largest absolute Gasteiger partial charge is 0.492 e. The van der Waals surface area contributed by atoms with Crippen LogP contribution in [0.4, 0.5) is 0 Å². The van der Waals surface area contributed by atoms with Crippen molar-refractivity contribution in [3.05, 3.63) is 30.3 Å². The van der Waals surface area contributed by atoms with Gasteiger partial charge in [-0.05, 0) is 12.1 Å². The van der Waals surface area contributed by atoms with E-state index in [1.54, 1.807) is 0 Å². The predicted molar refractivity (Wildman–Crippen MR) is 112 cm³/mol. The van der Waals surface area contributed by atoms with E-state index >= 15 is 0 Å². The highest BCUT2D eigenvalue weighted by atomic mass is 32.2. The van der Waals surface area contributed by atoms with Gasteiger partial charge in [-0.3, -0.25) is 13.3 Å². The number of hydrogen-bond acceptors (Lipinski definition) is 11. The van der Waals surface area contributed by atoms with Crippen molar-refractivity contribution in [1.29, 1.82) is 0 Å². The highest BCUT2D eigenvalue weighted by Crippen LogP contribution is 2.08. The van der Waals surface area contributed by atoms with Crippen molar-refractivity contribution in [3.8, 4) is 5.75 Å². The second-order valence-corrected chi connectivity index (χ2v) is 8.03. The molecule has 30 heavy (non-hydrogen) atoms. The Kier molecular flexibility index (Phi) is 16.0. The molecule has 1 aromatic rings. The molecule has 0 aliphatic heterocycles. The van der Waals surface area contributed by atoms with Gasteiger partial charge in [0.05, 0.1) is 53.0 Å². The molecule has 0 saturated heterocycles. The van der Waals surface area contributed by atoms with E-state index in [0.717, 1.165) is 24.3 Å². The molecule has 12 heteroatoms. The normalized spacial score (nSPS) is 11.8. The van der Waals surface area contributed by atoms with Crippen LogP contribution in [0.15, 0.2) is 30.3 Å². The first-order chi connectivity index (χ1) is 14.5. The molecule has 0 heterocycles. The number of nitrogens with zero attached hydrogens (tertiary/aromatic N) is 1. The summed E-state index contributed by atoms with van der Waals surface area (Å²) in [7, 11) is -2.05. The average molecular weight is 470 g/mol. The van der Waals surface area contributed by atoms with Gasteiger partial charge in [-0.25, -0.2) is 4.89 Å². The van der Waals surface area contributed by atoms with Crippen molar-refractivity contribution < 1.29 is 40.2 Å². The van der Waals surface area contributed by atoms with Crippen molar-refractivity contribution >= 4 is 22.4 Å². The molecular formula is C18H31NO9S2. The van der Waals surface area contributed by atoms with Crippen LogP contribution in [0.1, 0.15) is 0 Å². The van der Waals surface area contributed by atoms with E-state index in [1.807, 2.05) is 30.3 Å². The molecule has 10 nitrogen and oxygen atoms in total. The van der Waals surface area contributed by atoms with E-state index in [4.69, 9.17) is 18.4 Å². The smallest absolute Gasteiger partial charge is 0.264 e. The topological polar surface area (TPSA) is 102 Å². The molecule has 0 radical (unpaired) electrons. The molecule has 0 atom stereocenters. The van der Waals surface area contributed by atoms with Crippen molar-refractivity contribution in [2.75, 3.05) is 79.2 Å². The predicted octanol–water partition coefficient (Wildman–Crippen LogP) is 1.53. The Hall–Kier alpha value is -0.960. The third kappa shape index (κ3) is 16.8. The Balaban J connectivity index is 2.22. The summed E-state index contributed by atoms with van der Waals surface area (Å²) in [5, 5.41) is 0. The summed E-state index contributed by atoms with van der Waals surface area (Å²) < 4.78 is 52.8. The van der Waals surface area contributed by atoms with Crippen LogP contribution in [-0.2, 0) is 37.2 Å². The molecule has 0 unspecified atom stereocenters. The van der Waals surface area contributed by atoms with Gasteiger partial charge in [0.1, 0.15) is 12.4 Å². The Morgan fingerprint density at radius 1 is 0.867 bits per heavy atom. The fourth-order valence-corrected chi connectivity index (χ4v) is 2.76. The maximum absolute atomic E-state index is 10.9. The van der Waals surface area contributed by atoms with Crippen LogP contribution in [-0.4, -0.2) is 92.6 Å². The summed E-state index contributed by atoms with van der Waals surface area (Å²) in [6.07, 6.45) is 1.01. The van der Waals surface area contributed by atoms with E-state index in [9.17, 15) is 8.42 Å². The minimum Gasteiger partial charge on any atom is -0.492 e. The molecule has 1 rings (SSSR count). The summed E-state index contributed by atoms with van der Waals surface area (Å²) in [6, 6.07) is 9.59. The van der Waals surface area contributed by atoms with Gasteiger partial charge in [-0.2, -0.15) is 8.42 Å². The minimum absolute atomic E-state index is 0.00383. The highest BCUT2D eigenvalue weighted by molar-refractivity contribution is 7.89. The lowest BCUT2D eigenvalue weighted by molar-refractivity contribution is -0.167. The minimum atomic E-state index is -3.44. The van der Waals surface area contributed by atoms with Gasteiger partial charge in [-0.1, -0.05) is 18.2 Å². The van der Waals surface area contributed by atoms with E-state index in [1.165, 1.54) is 7.11 Å². The first kappa shape index (κ1) is 27.1. The monoisotopic (exact) mass is 469 g/mol. The molecule has 0 N–H and O–H groups in total. The van der Waals surface area contributed by atoms with Gasteiger partial charge in [-0.15, -0.1) is 4.33 Å². The second kappa shape index (κ2) is 17.7. The molecule has 0 spiro atoms. The zero-order valence-electron chi connectivity index (χ0n) is 17.4. The van der Waals surface area contributed by atoms with Crippen LogP contribution >= 0.6 is 12.3 Å². The summed E-state index contributed by atoms with van der Waals surface area (Å²) in [5.74, 6) is 0.816. The van der Waals surface area contributed by atoms with Crippen molar-refractivity contribution in [1.82, 2.24) is 4.90 Å². The van der Waals surface area contributed by atoms with Gasteiger partial charge in [0.2, 0.25) is 0 Å². The number of ether oxygens (including phenoxy) is 3. The van der Waals surface area contributed by atoms with Crippen LogP contribution < -0.4 is 4.74 Å². The highest BCUT2D eigenvalue weighted by Gasteiger charge is 2.07. The molecule has 1 aromatic carbocycles. The number of rotatable bonds is 20. The molecule has 0 aliphatic carbocycles. The fourth-order valence-electron chi connectivity index (χ4n) is 2.15. The lowest BCUT2D eigenvalue weighted by Crippen LogP contribution is -2.35. The molecule has 0 saturated carbocycles. The summed E-state index contributed by atoms with van der Waals surface area (Å²) in [5.41, 5.74) is 0. The van der Waals surface area contributed by atoms with Crippen LogP contribution in [0, 0.1) is 0 Å². The van der Waals surface area contributed by atoms with Crippen LogP contribution in [0.2, 0.25) is 0 Å². The van der Waals surface area contributed by atoms with Gasteiger partial charge in [0.25, 0.3) is 10.1 Å². The number of benzene rings is 1. The third-order valence-electron chi connectivity index (χ3n) is 3.50. The lowest BCUT2D eigenvalue weighted by atomic mass is 10.3. The molecular weight excluding hydrogens is 438 g/mol. The molecule has 0 aromatic heterocycles. The van der Waals surface area contributed by atoms with E-state index < -0.39 is 10.1 Å². The standard InChI is InChI=1S/C18H31NO9S2/c1-22-28-29-26-16-14-23-11-8-19(9-12-24-15-17-27-30(2,20)21)10-13-25-18-6-4-3-5-7-18/h3-7H,8-17H2,1-2H3. The zero-order valence-corrected chi connectivity index (χ0v) is 19.0.